The van der Waals surface area contributed by atoms with Crippen LogP contribution in [0.1, 0.15) is 19.3 Å². The Morgan fingerprint density at radius 2 is 2.08 bits per heavy atom. The summed E-state index contributed by atoms with van der Waals surface area (Å²) in [7, 11) is 1.46. The predicted octanol–water partition coefficient (Wildman–Crippen LogP) is 0.955. The Balaban J connectivity index is 0.000000845. The van der Waals surface area contributed by atoms with Gasteiger partial charge in [-0.25, -0.2) is 0 Å². The highest BCUT2D eigenvalue weighted by atomic mass is 35.5. The van der Waals surface area contributed by atoms with E-state index in [1.165, 1.54) is 7.11 Å². The van der Waals surface area contributed by atoms with Crippen LogP contribution in [0.5, 0.6) is 0 Å². The SMILES string of the molecule is COC(=O)[C@@H]1C[C@H]2C[C@H](N)[C@H]2C1.Cl. The van der Waals surface area contributed by atoms with Crippen LogP contribution in [0.15, 0.2) is 0 Å². The summed E-state index contributed by atoms with van der Waals surface area (Å²) in [6, 6.07) is 0.352. The molecule has 0 aromatic heterocycles. The zero-order chi connectivity index (χ0) is 8.72. The Kier molecular flexibility index (Phi) is 3.19. The number of rotatable bonds is 1. The highest BCUT2D eigenvalue weighted by Gasteiger charge is 2.48. The fourth-order valence-corrected chi connectivity index (χ4v) is 2.64. The van der Waals surface area contributed by atoms with E-state index in [2.05, 4.69) is 0 Å². The van der Waals surface area contributed by atoms with Gasteiger partial charge in [0.1, 0.15) is 0 Å². The lowest BCUT2D eigenvalue weighted by molar-refractivity contribution is -0.145. The molecular weight excluding hydrogens is 190 g/mol. The van der Waals surface area contributed by atoms with Gasteiger partial charge in [0, 0.05) is 6.04 Å². The summed E-state index contributed by atoms with van der Waals surface area (Å²) < 4.78 is 4.71. The summed E-state index contributed by atoms with van der Waals surface area (Å²) in [5.41, 5.74) is 5.82. The molecule has 0 spiro atoms. The summed E-state index contributed by atoms with van der Waals surface area (Å²) in [6.45, 7) is 0. The van der Waals surface area contributed by atoms with Crippen molar-refractivity contribution in [3.63, 3.8) is 0 Å². The fourth-order valence-electron chi connectivity index (χ4n) is 2.64. The van der Waals surface area contributed by atoms with E-state index in [9.17, 15) is 4.79 Å². The number of hydrogen-bond acceptors (Lipinski definition) is 3. The maximum Gasteiger partial charge on any atom is 0.308 e. The van der Waals surface area contributed by atoms with Crippen molar-refractivity contribution in [1.29, 1.82) is 0 Å². The molecule has 2 aliphatic rings. The van der Waals surface area contributed by atoms with Gasteiger partial charge in [-0.15, -0.1) is 12.4 Å². The van der Waals surface area contributed by atoms with Crippen LogP contribution in [0.4, 0.5) is 0 Å². The third-order valence-electron chi connectivity index (χ3n) is 3.41. The summed E-state index contributed by atoms with van der Waals surface area (Å²) in [5, 5.41) is 0. The van der Waals surface area contributed by atoms with Crippen molar-refractivity contribution in [1.82, 2.24) is 0 Å². The molecule has 4 heteroatoms. The molecule has 4 atom stereocenters. The zero-order valence-electron chi connectivity index (χ0n) is 7.73. The quantitative estimate of drug-likeness (QED) is 0.649. The fraction of sp³-hybridized carbons (Fsp3) is 0.889. The third-order valence-corrected chi connectivity index (χ3v) is 3.41. The van der Waals surface area contributed by atoms with Crippen LogP contribution in [0.25, 0.3) is 0 Å². The average molecular weight is 206 g/mol. The maximum absolute atomic E-state index is 11.2. The Labute approximate surface area is 84.4 Å². The van der Waals surface area contributed by atoms with Crippen LogP contribution in [0.2, 0.25) is 0 Å². The molecule has 2 N–H and O–H groups in total. The van der Waals surface area contributed by atoms with Crippen molar-refractivity contribution in [2.24, 2.45) is 23.5 Å². The number of esters is 1. The zero-order valence-corrected chi connectivity index (χ0v) is 8.55. The number of halogens is 1. The molecule has 0 aromatic carbocycles. The molecule has 2 aliphatic carbocycles. The van der Waals surface area contributed by atoms with E-state index in [0.29, 0.717) is 17.9 Å². The minimum atomic E-state index is -0.0448. The Morgan fingerprint density at radius 3 is 2.54 bits per heavy atom. The molecule has 0 heterocycles. The van der Waals surface area contributed by atoms with Gasteiger partial charge >= 0.3 is 5.97 Å². The molecular formula is C9H16ClNO2. The topological polar surface area (TPSA) is 52.3 Å². The number of methoxy groups -OCH3 is 1. The largest absolute Gasteiger partial charge is 0.469 e. The molecule has 13 heavy (non-hydrogen) atoms. The Morgan fingerprint density at radius 1 is 1.38 bits per heavy atom. The Bertz CT molecular complexity index is 210. The first-order valence-electron chi connectivity index (χ1n) is 4.55. The van der Waals surface area contributed by atoms with Crippen LogP contribution in [-0.2, 0) is 9.53 Å². The van der Waals surface area contributed by atoms with E-state index in [-0.39, 0.29) is 24.3 Å². The number of fused-ring (bicyclic) bond motifs is 1. The van der Waals surface area contributed by atoms with Crippen molar-refractivity contribution in [3.8, 4) is 0 Å². The van der Waals surface area contributed by atoms with Crippen LogP contribution in [0.3, 0.4) is 0 Å². The maximum atomic E-state index is 11.2. The van der Waals surface area contributed by atoms with Gasteiger partial charge in [-0.3, -0.25) is 4.79 Å². The number of carbonyl (C=O) groups excluding carboxylic acids is 1. The summed E-state index contributed by atoms with van der Waals surface area (Å²) in [6.07, 6.45) is 3.07. The van der Waals surface area contributed by atoms with Gasteiger partial charge in [-0.05, 0) is 31.1 Å². The molecule has 0 aliphatic heterocycles. The first kappa shape index (κ1) is 10.8. The summed E-state index contributed by atoms with van der Waals surface area (Å²) in [5.74, 6) is 1.41. The minimum Gasteiger partial charge on any atom is -0.469 e. The van der Waals surface area contributed by atoms with Crippen molar-refractivity contribution in [2.45, 2.75) is 25.3 Å². The molecule has 0 bridgehead atoms. The predicted molar refractivity (Wildman–Crippen MR) is 51.6 cm³/mol. The van der Waals surface area contributed by atoms with Gasteiger partial charge in [0.05, 0.1) is 13.0 Å². The van der Waals surface area contributed by atoms with Crippen LogP contribution < -0.4 is 5.73 Å². The number of ether oxygens (including phenoxy) is 1. The van der Waals surface area contributed by atoms with E-state index < -0.39 is 0 Å². The van der Waals surface area contributed by atoms with Crippen LogP contribution in [-0.4, -0.2) is 19.1 Å². The third kappa shape index (κ3) is 1.67. The van der Waals surface area contributed by atoms with Crippen molar-refractivity contribution in [2.75, 3.05) is 7.11 Å². The second-order valence-corrected chi connectivity index (χ2v) is 4.01. The minimum absolute atomic E-state index is 0. The van der Waals surface area contributed by atoms with Gasteiger partial charge in [0.2, 0.25) is 0 Å². The second kappa shape index (κ2) is 3.84. The highest BCUT2D eigenvalue weighted by Crippen LogP contribution is 2.48. The molecule has 0 unspecified atom stereocenters. The van der Waals surface area contributed by atoms with Gasteiger partial charge in [0.25, 0.3) is 0 Å². The van der Waals surface area contributed by atoms with Gasteiger partial charge in [-0.2, -0.15) is 0 Å². The molecule has 2 rings (SSSR count). The number of hydrogen-bond donors (Lipinski definition) is 1. The van der Waals surface area contributed by atoms with Gasteiger partial charge in [-0.1, -0.05) is 0 Å². The molecule has 0 saturated heterocycles. The highest BCUT2D eigenvalue weighted by molar-refractivity contribution is 5.85. The first-order valence-corrected chi connectivity index (χ1v) is 4.55. The molecule has 0 aromatic rings. The standard InChI is InChI=1S/C9H15NO2.ClH/c1-12-9(11)6-2-5-4-8(10)7(5)3-6;/h5-8H,2-4,10H2,1H3;1H/t5-,6+,7-,8-;/m0./s1. The molecule has 0 radical (unpaired) electrons. The molecule has 3 nitrogen and oxygen atoms in total. The lowest BCUT2D eigenvalue weighted by Gasteiger charge is -2.37. The van der Waals surface area contributed by atoms with E-state index in [4.69, 9.17) is 10.5 Å². The second-order valence-electron chi connectivity index (χ2n) is 4.01. The monoisotopic (exact) mass is 205 g/mol. The van der Waals surface area contributed by atoms with Crippen LogP contribution in [0, 0.1) is 17.8 Å². The van der Waals surface area contributed by atoms with E-state index in [0.717, 1.165) is 19.3 Å². The lowest BCUT2D eigenvalue weighted by Crippen LogP contribution is -2.44. The average Bonchev–Trinajstić information content (AvgIpc) is 2.41. The molecule has 0 amide bonds. The van der Waals surface area contributed by atoms with Crippen molar-refractivity contribution in [3.05, 3.63) is 0 Å². The number of carbonyl (C=O) groups is 1. The lowest BCUT2D eigenvalue weighted by atomic mass is 9.72. The van der Waals surface area contributed by atoms with E-state index in [1.54, 1.807) is 0 Å². The Hall–Kier alpha value is -0.280. The van der Waals surface area contributed by atoms with E-state index >= 15 is 0 Å². The van der Waals surface area contributed by atoms with Gasteiger partial charge < -0.3 is 10.5 Å². The molecule has 2 saturated carbocycles. The van der Waals surface area contributed by atoms with Gasteiger partial charge in [0.15, 0.2) is 0 Å². The molecule has 76 valence electrons. The van der Waals surface area contributed by atoms with Crippen molar-refractivity contribution < 1.29 is 9.53 Å². The van der Waals surface area contributed by atoms with Crippen LogP contribution >= 0.6 is 12.4 Å². The smallest absolute Gasteiger partial charge is 0.308 e. The normalized spacial score (nSPS) is 41.4. The molecule has 2 fully saturated rings. The number of nitrogens with two attached hydrogens (primary N) is 1. The first-order chi connectivity index (χ1) is 5.72. The van der Waals surface area contributed by atoms with Crippen molar-refractivity contribution >= 4 is 18.4 Å². The summed E-state index contributed by atoms with van der Waals surface area (Å²) >= 11 is 0. The van der Waals surface area contributed by atoms with E-state index in [1.807, 2.05) is 0 Å². The summed E-state index contributed by atoms with van der Waals surface area (Å²) in [4.78, 5) is 11.2.